The predicted molar refractivity (Wildman–Crippen MR) is 90.1 cm³/mol. The van der Waals surface area contributed by atoms with Crippen LogP contribution < -0.4 is 10.6 Å². The molecular weight excluding hydrogens is 320 g/mol. The summed E-state index contributed by atoms with van der Waals surface area (Å²) in [6, 6.07) is 11.2. The fourth-order valence-electron chi connectivity index (χ4n) is 1.98. The van der Waals surface area contributed by atoms with Gasteiger partial charge in [0, 0.05) is 35.0 Å². The molecule has 1 heterocycles. The van der Waals surface area contributed by atoms with Crippen molar-refractivity contribution in [3.8, 4) is 0 Å². The first kappa shape index (κ1) is 17.0. The molecule has 4 nitrogen and oxygen atoms in total. The number of thiophene rings is 1. The van der Waals surface area contributed by atoms with E-state index in [-0.39, 0.29) is 5.91 Å². The van der Waals surface area contributed by atoms with Gasteiger partial charge in [-0.25, -0.2) is 0 Å². The van der Waals surface area contributed by atoms with Gasteiger partial charge in [0.1, 0.15) is 0 Å². The molecule has 6 heteroatoms. The second kappa shape index (κ2) is 8.90. The van der Waals surface area contributed by atoms with Gasteiger partial charge in [0.2, 0.25) is 5.91 Å². The van der Waals surface area contributed by atoms with Crippen LogP contribution in [0.2, 0.25) is 5.02 Å². The van der Waals surface area contributed by atoms with E-state index in [1.54, 1.807) is 23.5 Å². The standard InChI is InChI=1S/C16H19ClN2O2S/c17-14-6-2-1-5-13(14)15(20)11-18-8-7-16(21)19-10-12-4-3-9-22-12/h1-6,9,15,18,20H,7-8,10-11H2,(H,19,21)/t15-/m0/s1. The average molecular weight is 339 g/mol. The molecule has 22 heavy (non-hydrogen) atoms. The molecule has 0 saturated carbocycles. The van der Waals surface area contributed by atoms with E-state index in [1.807, 2.05) is 29.6 Å². The maximum absolute atomic E-state index is 11.7. The van der Waals surface area contributed by atoms with Gasteiger partial charge < -0.3 is 15.7 Å². The summed E-state index contributed by atoms with van der Waals surface area (Å²) in [5, 5.41) is 18.5. The van der Waals surface area contributed by atoms with E-state index in [1.165, 1.54) is 0 Å². The van der Waals surface area contributed by atoms with Crippen molar-refractivity contribution in [2.45, 2.75) is 19.1 Å². The maximum Gasteiger partial charge on any atom is 0.221 e. The van der Waals surface area contributed by atoms with Gasteiger partial charge in [-0.05, 0) is 17.5 Å². The van der Waals surface area contributed by atoms with Gasteiger partial charge in [-0.2, -0.15) is 0 Å². The van der Waals surface area contributed by atoms with Crippen LogP contribution in [0.3, 0.4) is 0 Å². The van der Waals surface area contributed by atoms with E-state index in [4.69, 9.17) is 11.6 Å². The van der Waals surface area contributed by atoms with Crippen LogP contribution in [0.15, 0.2) is 41.8 Å². The van der Waals surface area contributed by atoms with Crippen molar-refractivity contribution in [2.75, 3.05) is 13.1 Å². The Labute approximate surface area is 139 Å². The van der Waals surface area contributed by atoms with Crippen LogP contribution in [0, 0.1) is 0 Å². The van der Waals surface area contributed by atoms with Gasteiger partial charge in [0.05, 0.1) is 12.6 Å². The van der Waals surface area contributed by atoms with Crippen LogP contribution in [-0.2, 0) is 11.3 Å². The molecule has 0 aliphatic carbocycles. The Balaban J connectivity index is 1.62. The minimum atomic E-state index is -0.678. The number of hydrogen-bond acceptors (Lipinski definition) is 4. The summed E-state index contributed by atoms with van der Waals surface area (Å²) in [5.74, 6) is -0.00636. The van der Waals surface area contributed by atoms with Crippen molar-refractivity contribution in [3.63, 3.8) is 0 Å². The fourth-order valence-corrected chi connectivity index (χ4v) is 2.89. The number of halogens is 1. The Morgan fingerprint density at radius 1 is 1.27 bits per heavy atom. The molecule has 1 aromatic heterocycles. The van der Waals surface area contributed by atoms with Gasteiger partial charge in [-0.15, -0.1) is 11.3 Å². The number of rotatable bonds is 8. The molecule has 0 spiro atoms. The van der Waals surface area contributed by atoms with E-state index in [0.29, 0.717) is 36.6 Å². The maximum atomic E-state index is 11.7. The number of aliphatic hydroxyl groups excluding tert-OH is 1. The lowest BCUT2D eigenvalue weighted by molar-refractivity contribution is -0.121. The zero-order valence-electron chi connectivity index (χ0n) is 12.1. The van der Waals surface area contributed by atoms with Gasteiger partial charge in [0.25, 0.3) is 0 Å². The van der Waals surface area contributed by atoms with Gasteiger partial charge in [-0.3, -0.25) is 4.79 Å². The largest absolute Gasteiger partial charge is 0.387 e. The van der Waals surface area contributed by atoms with Crippen LogP contribution in [0.4, 0.5) is 0 Å². The van der Waals surface area contributed by atoms with Crippen molar-refractivity contribution in [2.24, 2.45) is 0 Å². The molecule has 0 bridgehead atoms. The second-order valence-corrected chi connectivity index (χ2v) is 6.29. The molecule has 2 rings (SSSR count). The first-order valence-corrected chi connectivity index (χ1v) is 8.35. The lowest BCUT2D eigenvalue weighted by atomic mass is 10.1. The average Bonchev–Trinajstić information content (AvgIpc) is 3.03. The number of carbonyl (C=O) groups is 1. The number of benzene rings is 1. The van der Waals surface area contributed by atoms with E-state index in [2.05, 4.69) is 10.6 Å². The van der Waals surface area contributed by atoms with E-state index >= 15 is 0 Å². The molecule has 0 unspecified atom stereocenters. The lowest BCUT2D eigenvalue weighted by Gasteiger charge is -2.13. The number of nitrogens with one attached hydrogen (secondary N) is 2. The monoisotopic (exact) mass is 338 g/mol. The highest BCUT2D eigenvalue weighted by Gasteiger charge is 2.10. The molecule has 0 aliphatic rings. The highest BCUT2D eigenvalue weighted by atomic mass is 35.5. The SMILES string of the molecule is O=C(CCNC[C@H](O)c1ccccc1Cl)NCc1cccs1. The molecule has 0 aliphatic heterocycles. The number of amides is 1. The molecule has 0 radical (unpaired) electrons. The zero-order chi connectivity index (χ0) is 15.8. The van der Waals surface area contributed by atoms with E-state index in [0.717, 1.165) is 4.88 Å². The van der Waals surface area contributed by atoms with E-state index < -0.39 is 6.10 Å². The number of carbonyl (C=O) groups excluding carboxylic acids is 1. The Kier molecular flexibility index (Phi) is 6.86. The van der Waals surface area contributed by atoms with Gasteiger partial charge in [0.15, 0.2) is 0 Å². The third-order valence-electron chi connectivity index (χ3n) is 3.17. The summed E-state index contributed by atoms with van der Waals surface area (Å²) in [6.07, 6.45) is -0.302. The Hall–Kier alpha value is -1.40. The first-order valence-electron chi connectivity index (χ1n) is 7.09. The van der Waals surface area contributed by atoms with Crippen molar-refractivity contribution >= 4 is 28.8 Å². The molecule has 1 amide bonds. The summed E-state index contributed by atoms with van der Waals surface area (Å²) >= 11 is 7.64. The highest BCUT2D eigenvalue weighted by Crippen LogP contribution is 2.21. The second-order valence-electron chi connectivity index (χ2n) is 4.85. The van der Waals surface area contributed by atoms with Crippen molar-refractivity contribution in [1.29, 1.82) is 0 Å². The zero-order valence-corrected chi connectivity index (χ0v) is 13.7. The lowest BCUT2D eigenvalue weighted by Crippen LogP contribution is -2.29. The van der Waals surface area contributed by atoms with Crippen LogP contribution in [0.5, 0.6) is 0 Å². The molecule has 2 aromatic rings. The van der Waals surface area contributed by atoms with Crippen molar-refractivity contribution < 1.29 is 9.90 Å². The predicted octanol–water partition coefficient (Wildman–Crippen LogP) is 2.73. The Bertz CT molecular complexity index is 590. The highest BCUT2D eigenvalue weighted by molar-refractivity contribution is 7.09. The van der Waals surface area contributed by atoms with Crippen LogP contribution in [0.1, 0.15) is 23.0 Å². The number of aliphatic hydroxyl groups is 1. The topological polar surface area (TPSA) is 61.4 Å². The molecular formula is C16H19ClN2O2S. The summed E-state index contributed by atoms with van der Waals surface area (Å²) in [7, 11) is 0. The number of hydrogen-bond donors (Lipinski definition) is 3. The quantitative estimate of drug-likeness (QED) is 0.649. The van der Waals surface area contributed by atoms with Crippen molar-refractivity contribution in [1.82, 2.24) is 10.6 Å². The van der Waals surface area contributed by atoms with Gasteiger partial charge in [-0.1, -0.05) is 35.9 Å². The molecule has 118 valence electrons. The summed E-state index contributed by atoms with van der Waals surface area (Å²) in [6.45, 7) is 1.44. The first-order chi connectivity index (χ1) is 10.7. The molecule has 1 aromatic carbocycles. The van der Waals surface area contributed by atoms with E-state index in [9.17, 15) is 9.90 Å². The molecule has 0 fully saturated rings. The summed E-state index contributed by atoms with van der Waals surface area (Å²) < 4.78 is 0. The van der Waals surface area contributed by atoms with Crippen molar-refractivity contribution in [3.05, 3.63) is 57.2 Å². The third kappa shape index (κ3) is 5.42. The normalized spacial score (nSPS) is 12.1. The van der Waals surface area contributed by atoms with Crippen LogP contribution in [0.25, 0.3) is 0 Å². The smallest absolute Gasteiger partial charge is 0.221 e. The van der Waals surface area contributed by atoms with Gasteiger partial charge >= 0.3 is 0 Å². The molecule has 1 atom stereocenters. The summed E-state index contributed by atoms with van der Waals surface area (Å²) in [5.41, 5.74) is 0.693. The summed E-state index contributed by atoms with van der Waals surface area (Å²) in [4.78, 5) is 12.8. The minimum absolute atomic E-state index is 0.00636. The van der Waals surface area contributed by atoms with Crippen LogP contribution >= 0.6 is 22.9 Å². The Morgan fingerprint density at radius 3 is 2.82 bits per heavy atom. The molecule has 0 saturated heterocycles. The fraction of sp³-hybridized carbons (Fsp3) is 0.312. The third-order valence-corrected chi connectivity index (χ3v) is 4.39. The Morgan fingerprint density at radius 2 is 2.09 bits per heavy atom. The van der Waals surface area contributed by atoms with Crippen LogP contribution in [-0.4, -0.2) is 24.1 Å². The minimum Gasteiger partial charge on any atom is -0.387 e. The molecule has 3 N–H and O–H groups in total.